The van der Waals surface area contributed by atoms with Crippen LogP contribution in [0.1, 0.15) is 88.7 Å². The summed E-state index contributed by atoms with van der Waals surface area (Å²) in [5.41, 5.74) is 0.908. The zero-order valence-electron chi connectivity index (χ0n) is 16.4. The van der Waals surface area contributed by atoms with Crippen LogP contribution in [0.3, 0.4) is 0 Å². The molecule has 1 aromatic carbocycles. The van der Waals surface area contributed by atoms with Crippen molar-refractivity contribution in [3.05, 3.63) is 34.9 Å². The minimum atomic E-state index is -0.450. The van der Waals surface area contributed by atoms with Crippen LogP contribution in [0, 0.1) is 29.4 Å². The Morgan fingerprint density at radius 3 is 1.88 bits per heavy atom. The summed E-state index contributed by atoms with van der Waals surface area (Å²) in [5, 5.41) is 0. The second-order valence-electron chi connectivity index (χ2n) is 8.40. The van der Waals surface area contributed by atoms with Crippen LogP contribution in [0.4, 0.5) is 8.78 Å². The highest BCUT2D eigenvalue weighted by Gasteiger charge is 2.31. The van der Waals surface area contributed by atoms with Crippen LogP contribution < -0.4 is 0 Å². The molecule has 0 aliphatic heterocycles. The molecule has 3 heteroatoms. The summed E-state index contributed by atoms with van der Waals surface area (Å²) in [5.74, 6) is 2.07. The average Bonchev–Trinajstić information content (AvgIpc) is 2.67. The molecule has 0 heterocycles. The van der Waals surface area contributed by atoms with E-state index in [1.54, 1.807) is 12.1 Å². The van der Waals surface area contributed by atoms with E-state index in [0.717, 1.165) is 36.2 Å². The first-order valence-corrected chi connectivity index (χ1v) is 10.7. The molecule has 0 aromatic heterocycles. The number of benzene rings is 1. The van der Waals surface area contributed by atoms with Gasteiger partial charge in [-0.05, 0) is 86.8 Å². The van der Waals surface area contributed by atoms with E-state index in [-0.39, 0.29) is 12.2 Å². The Hall–Kier alpha value is -0.960. The fraction of sp³-hybridized carbons (Fsp3) is 0.739. The molecular weight excluding hydrogens is 330 g/mol. The van der Waals surface area contributed by atoms with Gasteiger partial charge in [0.25, 0.3) is 0 Å². The van der Waals surface area contributed by atoms with Gasteiger partial charge in [-0.2, -0.15) is 0 Å². The van der Waals surface area contributed by atoms with E-state index in [4.69, 9.17) is 4.74 Å². The van der Waals surface area contributed by atoms with E-state index in [2.05, 4.69) is 6.92 Å². The fourth-order valence-electron chi connectivity index (χ4n) is 5.19. The molecule has 1 nitrogen and oxygen atoms in total. The van der Waals surface area contributed by atoms with E-state index < -0.39 is 11.6 Å². The Morgan fingerprint density at radius 2 is 1.38 bits per heavy atom. The van der Waals surface area contributed by atoms with Gasteiger partial charge >= 0.3 is 0 Å². The zero-order chi connectivity index (χ0) is 18.5. The third-order valence-electron chi connectivity index (χ3n) is 6.99. The highest BCUT2D eigenvalue weighted by atomic mass is 19.1. The standard InChI is InChI=1S/C23H34F2O/c1-3-16-5-7-17(8-6-16)18-9-11-19(12-10-18)20-13-22(24)21(15-26-4-2)23(25)14-20/h13-14,16-19H,3-12,15H2,1-2H3/t16-,17-,18?,19?. The first kappa shape index (κ1) is 19.8. The lowest BCUT2D eigenvalue weighted by molar-refractivity contribution is 0.128. The summed E-state index contributed by atoms with van der Waals surface area (Å²) in [7, 11) is 0. The summed E-state index contributed by atoms with van der Waals surface area (Å²) >= 11 is 0. The summed E-state index contributed by atoms with van der Waals surface area (Å²) < 4.78 is 33.8. The Bertz CT molecular complexity index is 547. The maximum Gasteiger partial charge on any atom is 0.131 e. The largest absolute Gasteiger partial charge is 0.377 e. The molecule has 0 atom stereocenters. The van der Waals surface area contributed by atoms with Gasteiger partial charge in [0.05, 0.1) is 6.61 Å². The van der Waals surface area contributed by atoms with Crippen LogP contribution in [-0.4, -0.2) is 6.61 Å². The highest BCUT2D eigenvalue weighted by molar-refractivity contribution is 5.28. The van der Waals surface area contributed by atoms with Gasteiger partial charge in [-0.25, -0.2) is 8.78 Å². The van der Waals surface area contributed by atoms with Crippen molar-refractivity contribution in [1.29, 1.82) is 0 Å². The number of ether oxygens (including phenoxy) is 1. The number of rotatable bonds is 6. The smallest absolute Gasteiger partial charge is 0.131 e. The van der Waals surface area contributed by atoms with Crippen molar-refractivity contribution in [3.8, 4) is 0 Å². The van der Waals surface area contributed by atoms with E-state index in [9.17, 15) is 8.78 Å². The molecule has 2 fully saturated rings. The minimum Gasteiger partial charge on any atom is -0.377 e. The Kier molecular flexibility index (Phi) is 7.08. The Balaban J connectivity index is 1.56. The van der Waals surface area contributed by atoms with Crippen molar-refractivity contribution in [2.45, 2.75) is 84.2 Å². The molecule has 2 aliphatic rings. The molecule has 0 N–H and O–H groups in total. The lowest BCUT2D eigenvalue weighted by Gasteiger charge is -2.38. The van der Waals surface area contributed by atoms with E-state index in [1.807, 2.05) is 6.92 Å². The van der Waals surface area contributed by atoms with E-state index in [0.29, 0.717) is 12.5 Å². The molecule has 2 saturated carbocycles. The van der Waals surface area contributed by atoms with Crippen LogP contribution >= 0.6 is 0 Å². The van der Waals surface area contributed by atoms with Gasteiger partial charge in [0.1, 0.15) is 11.6 Å². The molecule has 1 aromatic rings. The SMILES string of the molecule is CCOCc1c(F)cc(C2CCC([C@H]3CC[C@H](CC)CC3)CC2)cc1F. The Morgan fingerprint density at radius 1 is 0.846 bits per heavy atom. The highest BCUT2D eigenvalue weighted by Crippen LogP contribution is 2.44. The molecule has 0 amide bonds. The summed E-state index contributed by atoms with van der Waals surface area (Å²) in [6.45, 7) is 4.62. The predicted octanol–water partition coefficient (Wildman–Crippen LogP) is 6.99. The van der Waals surface area contributed by atoms with Gasteiger partial charge in [-0.1, -0.05) is 26.2 Å². The van der Waals surface area contributed by atoms with Gasteiger partial charge in [-0.3, -0.25) is 0 Å². The summed E-state index contributed by atoms with van der Waals surface area (Å²) in [4.78, 5) is 0. The van der Waals surface area contributed by atoms with Crippen molar-refractivity contribution in [2.75, 3.05) is 6.61 Å². The maximum atomic E-state index is 14.3. The van der Waals surface area contributed by atoms with Crippen LogP contribution in [-0.2, 0) is 11.3 Å². The normalized spacial score (nSPS) is 29.7. The first-order chi connectivity index (χ1) is 12.6. The van der Waals surface area contributed by atoms with Crippen LogP contribution in [0.5, 0.6) is 0 Å². The lowest BCUT2D eigenvalue weighted by Crippen LogP contribution is -2.25. The molecule has 0 saturated heterocycles. The lowest BCUT2D eigenvalue weighted by atomic mass is 9.68. The predicted molar refractivity (Wildman–Crippen MR) is 102 cm³/mol. The summed E-state index contributed by atoms with van der Waals surface area (Å²) in [6, 6.07) is 3.10. The average molecular weight is 365 g/mol. The van der Waals surface area contributed by atoms with E-state index >= 15 is 0 Å². The fourth-order valence-corrected chi connectivity index (χ4v) is 5.19. The van der Waals surface area contributed by atoms with Gasteiger partial charge in [0.15, 0.2) is 0 Å². The molecule has 0 radical (unpaired) electrons. The van der Waals surface area contributed by atoms with Gasteiger partial charge < -0.3 is 4.74 Å². The van der Waals surface area contributed by atoms with Crippen molar-refractivity contribution < 1.29 is 13.5 Å². The molecule has 0 bridgehead atoms. The molecule has 0 spiro atoms. The maximum absolute atomic E-state index is 14.3. The van der Waals surface area contributed by atoms with Gasteiger partial charge in [0, 0.05) is 12.2 Å². The topological polar surface area (TPSA) is 9.23 Å². The number of halogens is 2. The second kappa shape index (κ2) is 9.30. The van der Waals surface area contributed by atoms with Crippen molar-refractivity contribution in [1.82, 2.24) is 0 Å². The summed E-state index contributed by atoms with van der Waals surface area (Å²) in [6.07, 6.45) is 11.5. The molecule has 3 rings (SSSR count). The third-order valence-corrected chi connectivity index (χ3v) is 6.99. The third kappa shape index (κ3) is 4.65. The van der Waals surface area contributed by atoms with Gasteiger partial charge in [0.2, 0.25) is 0 Å². The van der Waals surface area contributed by atoms with Gasteiger partial charge in [-0.15, -0.1) is 0 Å². The van der Waals surface area contributed by atoms with E-state index in [1.165, 1.54) is 44.9 Å². The zero-order valence-corrected chi connectivity index (χ0v) is 16.4. The first-order valence-electron chi connectivity index (χ1n) is 10.7. The quantitative estimate of drug-likeness (QED) is 0.528. The molecular formula is C23H34F2O. The monoisotopic (exact) mass is 364 g/mol. The van der Waals surface area contributed by atoms with Crippen LogP contribution in [0.15, 0.2) is 12.1 Å². The van der Waals surface area contributed by atoms with Crippen molar-refractivity contribution in [2.24, 2.45) is 17.8 Å². The number of hydrogen-bond donors (Lipinski definition) is 0. The van der Waals surface area contributed by atoms with Crippen LogP contribution in [0.2, 0.25) is 0 Å². The Labute approximate surface area is 157 Å². The molecule has 146 valence electrons. The van der Waals surface area contributed by atoms with Crippen molar-refractivity contribution >= 4 is 0 Å². The molecule has 0 unspecified atom stereocenters. The minimum absolute atomic E-state index is 0.0155. The molecule has 26 heavy (non-hydrogen) atoms. The molecule has 2 aliphatic carbocycles. The number of hydrogen-bond acceptors (Lipinski definition) is 1. The van der Waals surface area contributed by atoms with Crippen molar-refractivity contribution in [3.63, 3.8) is 0 Å². The van der Waals surface area contributed by atoms with Crippen LogP contribution in [0.25, 0.3) is 0 Å². The second-order valence-corrected chi connectivity index (χ2v) is 8.40.